The van der Waals surface area contributed by atoms with Crippen LogP contribution < -0.4 is 0 Å². The van der Waals surface area contributed by atoms with Gasteiger partial charge in [-0.2, -0.15) is 0 Å². The Balaban J connectivity index is 3.82. The molecular formula is C20H34NP. The van der Waals surface area contributed by atoms with Crippen molar-refractivity contribution in [3.05, 3.63) is 28.8 Å². The molecule has 0 heterocycles. The molecule has 22 heavy (non-hydrogen) atoms. The average Bonchev–Trinajstić information content (AvgIpc) is 2.31. The van der Waals surface area contributed by atoms with Gasteiger partial charge in [0.1, 0.15) is 0 Å². The summed E-state index contributed by atoms with van der Waals surface area (Å²) in [6.45, 7) is 22.8. The van der Waals surface area contributed by atoms with Crippen LogP contribution in [0.25, 0.3) is 0 Å². The summed E-state index contributed by atoms with van der Waals surface area (Å²) in [4.78, 5) is 0. The summed E-state index contributed by atoms with van der Waals surface area (Å²) in [6, 6.07) is 4.78. The lowest BCUT2D eigenvalue weighted by Crippen LogP contribution is -2.21. The SMILES string of the molecule is CCP=Nc1c(C(C)(C)C)cc(C(C)(C)C)cc1C(C)(C)C. The summed E-state index contributed by atoms with van der Waals surface area (Å²) in [5.74, 6) is 0. The molecule has 1 nitrogen and oxygen atoms in total. The van der Waals surface area contributed by atoms with E-state index in [4.69, 9.17) is 4.74 Å². The Morgan fingerprint density at radius 2 is 1.18 bits per heavy atom. The first kappa shape index (κ1) is 19.4. The van der Waals surface area contributed by atoms with Gasteiger partial charge < -0.3 is 0 Å². The van der Waals surface area contributed by atoms with Crippen LogP contribution in [0, 0.1) is 0 Å². The topological polar surface area (TPSA) is 12.4 Å². The van der Waals surface area contributed by atoms with E-state index in [1.807, 2.05) is 0 Å². The molecule has 0 aliphatic carbocycles. The number of rotatable bonds is 2. The molecule has 0 spiro atoms. The molecule has 0 amide bonds. The summed E-state index contributed by atoms with van der Waals surface area (Å²) in [7, 11) is 1.16. The zero-order chi connectivity index (χ0) is 17.3. The second-order valence-corrected chi connectivity index (χ2v) is 10.3. The minimum absolute atomic E-state index is 0.101. The molecule has 0 radical (unpaired) electrons. The van der Waals surface area contributed by atoms with Gasteiger partial charge in [-0.15, -0.1) is 0 Å². The van der Waals surface area contributed by atoms with E-state index < -0.39 is 0 Å². The molecule has 124 valence electrons. The fourth-order valence-electron chi connectivity index (χ4n) is 2.46. The third-order valence-corrected chi connectivity index (χ3v) is 4.53. The molecule has 1 aromatic carbocycles. The van der Waals surface area contributed by atoms with Crippen molar-refractivity contribution in [1.29, 1.82) is 0 Å². The first-order chi connectivity index (χ1) is 9.78. The summed E-state index contributed by atoms with van der Waals surface area (Å²) in [5, 5.41) is 0. The standard InChI is InChI=1S/C20H34NP/c1-11-22-21-17-15(19(5,6)7)12-14(18(2,3)4)13-16(17)20(8,9)10/h12-13H,11H2,1-10H3. The van der Waals surface area contributed by atoms with E-state index in [9.17, 15) is 0 Å². The van der Waals surface area contributed by atoms with E-state index in [0.29, 0.717) is 0 Å². The molecule has 0 aromatic heterocycles. The van der Waals surface area contributed by atoms with Gasteiger partial charge in [0.25, 0.3) is 0 Å². The van der Waals surface area contributed by atoms with Gasteiger partial charge in [0.05, 0.1) is 5.69 Å². The molecule has 0 saturated heterocycles. The molecular weight excluding hydrogens is 285 g/mol. The molecule has 0 bridgehead atoms. The third kappa shape index (κ3) is 4.66. The van der Waals surface area contributed by atoms with Crippen molar-refractivity contribution in [1.82, 2.24) is 0 Å². The van der Waals surface area contributed by atoms with Gasteiger partial charge in [0.15, 0.2) is 0 Å². The summed E-state index contributed by atoms with van der Waals surface area (Å²) < 4.78 is 4.95. The van der Waals surface area contributed by atoms with Crippen molar-refractivity contribution in [2.24, 2.45) is 4.74 Å². The van der Waals surface area contributed by atoms with Crippen LogP contribution in [0.4, 0.5) is 5.69 Å². The second-order valence-electron chi connectivity index (χ2n) is 9.23. The summed E-state index contributed by atoms with van der Waals surface area (Å²) in [5.41, 5.74) is 5.75. The van der Waals surface area contributed by atoms with E-state index in [-0.39, 0.29) is 16.2 Å². The molecule has 0 saturated carbocycles. The molecule has 0 fully saturated rings. The van der Waals surface area contributed by atoms with Gasteiger partial charge in [0, 0.05) is 14.5 Å². The minimum Gasteiger partial charge on any atom is -0.232 e. The number of benzene rings is 1. The molecule has 0 unspecified atom stereocenters. The highest BCUT2D eigenvalue weighted by Crippen LogP contribution is 2.43. The van der Waals surface area contributed by atoms with Crippen LogP contribution in [0.1, 0.15) is 85.9 Å². The van der Waals surface area contributed by atoms with Crippen LogP contribution in [0.3, 0.4) is 0 Å². The molecule has 1 aromatic rings. The molecule has 2 heteroatoms. The van der Waals surface area contributed by atoms with Crippen molar-refractivity contribution in [3.63, 3.8) is 0 Å². The van der Waals surface area contributed by atoms with Crippen LogP contribution in [0.5, 0.6) is 0 Å². The van der Waals surface area contributed by atoms with Gasteiger partial charge in [-0.3, -0.25) is 0 Å². The highest BCUT2D eigenvalue weighted by Gasteiger charge is 2.28. The van der Waals surface area contributed by atoms with Crippen molar-refractivity contribution in [2.45, 2.75) is 85.5 Å². The predicted molar refractivity (Wildman–Crippen MR) is 102 cm³/mol. The van der Waals surface area contributed by atoms with Crippen molar-refractivity contribution < 1.29 is 0 Å². The zero-order valence-electron chi connectivity index (χ0n) is 16.3. The van der Waals surface area contributed by atoms with Gasteiger partial charge in [-0.05, 0) is 32.9 Å². The van der Waals surface area contributed by atoms with Gasteiger partial charge in [0.2, 0.25) is 0 Å². The van der Waals surface area contributed by atoms with Gasteiger partial charge in [-0.25, -0.2) is 4.74 Å². The van der Waals surface area contributed by atoms with Crippen LogP contribution in [0.2, 0.25) is 0 Å². The molecule has 0 N–H and O–H groups in total. The Hall–Kier alpha value is -0.680. The number of nitrogens with zero attached hydrogens (tertiary/aromatic N) is 1. The van der Waals surface area contributed by atoms with E-state index in [1.54, 1.807) is 0 Å². The van der Waals surface area contributed by atoms with Crippen molar-refractivity contribution in [3.8, 4) is 0 Å². The Bertz CT molecular complexity index is 514. The largest absolute Gasteiger partial charge is 0.232 e. The first-order valence-electron chi connectivity index (χ1n) is 8.35. The second kappa shape index (κ2) is 6.44. The normalized spacial score (nSPS) is 13.9. The summed E-state index contributed by atoms with van der Waals surface area (Å²) in [6.07, 6.45) is 1.06. The molecule has 0 aliphatic heterocycles. The van der Waals surface area contributed by atoms with Crippen LogP contribution in [0.15, 0.2) is 16.9 Å². The van der Waals surface area contributed by atoms with Crippen LogP contribution in [-0.4, -0.2) is 6.16 Å². The quantitative estimate of drug-likeness (QED) is 0.505. The van der Waals surface area contributed by atoms with Crippen molar-refractivity contribution >= 4 is 14.1 Å². The van der Waals surface area contributed by atoms with E-state index >= 15 is 0 Å². The fourth-order valence-corrected chi connectivity index (χ4v) is 2.96. The lowest BCUT2D eigenvalue weighted by Gasteiger charge is -2.32. The number of hydrogen-bond donors (Lipinski definition) is 0. The lowest BCUT2D eigenvalue weighted by atomic mass is 9.74. The first-order valence-corrected chi connectivity index (χ1v) is 9.38. The number of hydrogen-bond acceptors (Lipinski definition) is 1. The zero-order valence-corrected chi connectivity index (χ0v) is 17.2. The average molecular weight is 319 g/mol. The third-order valence-electron chi connectivity index (χ3n) is 3.90. The van der Waals surface area contributed by atoms with E-state index in [1.165, 1.54) is 22.4 Å². The minimum atomic E-state index is 0.101. The maximum absolute atomic E-state index is 4.95. The van der Waals surface area contributed by atoms with Gasteiger partial charge >= 0.3 is 0 Å². The maximum atomic E-state index is 4.95. The molecule has 0 atom stereocenters. The lowest BCUT2D eigenvalue weighted by molar-refractivity contribution is 0.550. The monoisotopic (exact) mass is 319 g/mol. The van der Waals surface area contributed by atoms with E-state index in [0.717, 1.165) is 14.5 Å². The highest BCUT2D eigenvalue weighted by atomic mass is 31.1. The Morgan fingerprint density at radius 3 is 1.45 bits per heavy atom. The molecule has 1 rings (SSSR count). The van der Waals surface area contributed by atoms with E-state index in [2.05, 4.69) is 81.4 Å². The summed E-state index contributed by atoms with van der Waals surface area (Å²) >= 11 is 0. The molecule has 0 aliphatic rings. The maximum Gasteiger partial charge on any atom is 0.0750 e. The highest BCUT2D eigenvalue weighted by molar-refractivity contribution is 7.26. The Kier molecular flexibility index (Phi) is 5.67. The Labute approximate surface area is 139 Å². The van der Waals surface area contributed by atoms with Crippen molar-refractivity contribution in [2.75, 3.05) is 6.16 Å². The Morgan fingerprint density at radius 1 is 0.773 bits per heavy atom. The predicted octanol–water partition coefficient (Wildman–Crippen LogP) is 7.36. The smallest absolute Gasteiger partial charge is 0.0750 e. The van der Waals surface area contributed by atoms with Gasteiger partial charge in [-0.1, -0.05) is 81.4 Å². The fraction of sp³-hybridized carbons (Fsp3) is 0.700. The van der Waals surface area contributed by atoms with Crippen LogP contribution >= 0.6 is 8.37 Å². The van der Waals surface area contributed by atoms with Crippen LogP contribution in [-0.2, 0) is 16.2 Å².